The molecule has 3 aromatic carbocycles. The molecule has 0 aromatic heterocycles. The van der Waals surface area contributed by atoms with E-state index in [9.17, 15) is 18.0 Å². The predicted molar refractivity (Wildman–Crippen MR) is 158 cm³/mol. The van der Waals surface area contributed by atoms with Gasteiger partial charge >= 0.3 is 0 Å². The summed E-state index contributed by atoms with van der Waals surface area (Å²) in [6.45, 7) is 7.70. The van der Waals surface area contributed by atoms with Crippen molar-refractivity contribution >= 4 is 39.3 Å². The molecule has 208 valence electrons. The number of rotatable bonds is 12. The number of sulfonamides is 1. The third-order valence-electron chi connectivity index (χ3n) is 6.57. The molecule has 0 heterocycles. The highest BCUT2D eigenvalue weighted by atomic mass is 32.2. The van der Waals surface area contributed by atoms with Gasteiger partial charge in [-0.1, -0.05) is 48.9 Å². The molecule has 3 aromatic rings. The number of anilines is 1. The lowest BCUT2D eigenvalue weighted by Crippen LogP contribution is -2.51. The second-order valence-electron chi connectivity index (χ2n) is 9.44. The van der Waals surface area contributed by atoms with Gasteiger partial charge in [-0.05, 0) is 81.0 Å². The molecule has 39 heavy (non-hydrogen) atoms. The number of nitrogens with zero attached hydrogens (tertiary/aromatic N) is 2. The van der Waals surface area contributed by atoms with Crippen LogP contribution >= 0.6 is 11.8 Å². The van der Waals surface area contributed by atoms with Crippen LogP contribution in [0.4, 0.5) is 5.69 Å². The van der Waals surface area contributed by atoms with E-state index in [-0.39, 0.29) is 17.3 Å². The summed E-state index contributed by atoms with van der Waals surface area (Å²) < 4.78 is 28.9. The third kappa shape index (κ3) is 7.64. The summed E-state index contributed by atoms with van der Waals surface area (Å²) in [6, 6.07) is 20.5. The third-order valence-corrected chi connectivity index (χ3v) is 9.10. The maximum absolute atomic E-state index is 13.9. The van der Waals surface area contributed by atoms with Crippen LogP contribution in [-0.2, 0) is 26.2 Å². The molecule has 3 rings (SSSR count). The molecular weight excluding hydrogens is 530 g/mol. The van der Waals surface area contributed by atoms with Gasteiger partial charge < -0.3 is 10.2 Å². The van der Waals surface area contributed by atoms with E-state index in [2.05, 4.69) is 5.32 Å². The molecule has 0 saturated carbocycles. The number of hydrogen-bond acceptors (Lipinski definition) is 5. The van der Waals surface area contributed by atoms with Crippen LogP contribution in [0.2, 0.25) is 0 Å². The van der Waals surface area contributed by atoms with Gasteiger partial charge in [0.25, 0.3) is 10.0 Å². The fourth-order valence-corrected chi connectivity index (χ4v) is 5.89. The first-order chi connectivity index (χ1) is 18.6. The van der Waals surface area contributed by atoms with Crippen molar-refractivity contribution in [2.45, 2.75) is 56.5 Å². The van der Waals surface area contributed by atoms with Crippen LogP contribution < -0.4 is 9.62 Å². The molecule has 7 nitrogen and oxygen atoms in total. The Hall–Kier alpha value is -3.30. The fraction of sp³-hybridized carbons (Fsp3) is 0.333. The Morgan fingerprint density at radius 3 is 2.18 bits per heavy atom. The smallest absolute Gasteiger partial charge is 0.264 e. The summed E-state index contributed by atoms with van der Waals surface area (Å²) >= 11 is 1.52. The predicted octanol–water partition coefficient (Wildman–Crippen LogP) is 5.16. The molecule has 0 aliphatic carbocycles. The van der Waals surface area contributed by atoms with E-state index in [1.165, 1.54) is 16.7 Å². The maximum Gasteiger partial charge on any atom is 0.264 e. The fourth-order valence-electron chi connectivity index (χ4n) is 4.06. The lowest BCUT2D eigenvalue weighted by Gasteiger charge is -2.32. The topological polar surface area (TPSA) is 86.8 Å². The van der Waals surface area contributed by atoms with Gasteiger partial charge in [0, 0.05) is 18.0 Å². The number of benzene rings is 3. The maximum atomic E-state index is 13.9. The van der Waals surface area contributed by atoms with Gasteiger partial charge in [-0.15, -0.1) is 11.8 Å². The van der Waals surface area contributed by atoms with Crippen molar-refractivity contribution in [2.24, 2.45) is 0 Å². The number of carbonyl (C=O) groups is 2. The minimum Gasteiger partial charge on any atom is -0.354 e. The summed E-state index contributed by atoms with van der Waals surface area (Å²) in [4.78, 5) is 29.4. The summed E-state index contributed by atoms with van der Waals surface area (Å²) in [5.41, 5.74) is 3.21. The molecule has 9 heteroatoms. The van der Waals surface area contributed by atoms with E-state index < -0.39 is 28.5 Å². The van der Waals surface area contributed by atoms with Gasteiger partial charge in [0.1, 0.15) is 12.6 Å². The second kappa shape index (κ2) is 13.7. The van der Waals surface area contributed by atoms with E-state index in [4.69, 9.17) is 0 Å². The number of thioether (sulfide) groups is 1. The van der Waals surface area contributed by atoms with Crippen LogP contribution in [0.15, 0.2) is 82.6 Å². The molecule has 0 aliphatic heterocycles. The Bertz CT molecular complexity index is 1370. The van der Waals surface area contributed by atoms with E-state index in [0.717, 1.165) is 32.3 Å². The number of aryl methyl sites for hydroxylation is 2. The van der Waals surface area contributed by atoms with Crippen LogP contribution in [0.3, 0.4) is 0 Å². The minimum absolute atomic E-state index is 0.0906. The van der Waals surface area contributed by atoms with Crippen molar-refractivity contribution < 1.29 is 18.0 Å². The van der Waals surface area contributed by atoms with Crippen molar-refractivity contribution in [1.29, 1.82) is 0 Å². The average Bonchev–Trinajstić information content (AvgIpc) is 2.94. The van der Waals surface area contributed by atoms with E-state index >= 15 is 0 Å². The van der Waals surface area contributed by atoms with Gasteiger partial charge in [-0.2, -0.15) is 0 Å². The Morgan fingerprint density at radius 1 is 0.949 bits per heavy atom. The van der Waals surface area contributed by atoms with Crippen LogP contribution in [0.5, 0.6) is 0 Å². The Balaban J connectivity index is 2.02. The van der Waals surface area contributed by atoms with Crippen molar-refractivity contribution in [3.63, 3.8) is 0 Å². The normalized spacial score (nSPS) is 12.0. The van der Waals surface area contributed by atoms with Crippen molar-refractivity contribution in [3.05, 3.63) is 89.5 Å². The molecule has 0 bridgehead atoms. The van der Waals surface area contributed by atoms with Crippen molar-refractivity contribution in [1.82, 2.24) is 10.2 Å². The quantitative estimate of drug-likeness (QED) is 0.306. The lowest BCUT2D eigenvalue weighted by atomic mass is 10.1. The Labute approximate surface area is 236 Å². The summed E-state index contributed by atoms with van der Waals surface area (Å²) in [7, 11) is -4.09. The molecule has 0 fully saturated rings. The molecule has 1 atom stereocenters. The standard InChI is InChI=1S/C30H37N3O4S2/c1-6-19-31-30(35)24(4)32(20-25-10-8-7-9-23(25)3)29(34)21-33(26-13-11-22(2)12-14-26)39(36,37)28-17-15-27(38-5)16-18-28/h7-18,24H,6,19-21H2,1-5H3,(H,31,35)/t24-/m1/s1. The van der Waals surface area contributed by atoms with E-state index in [1.54, 1.807) is 43.3 Å². The van der Waals surface area contributed by atoms with Crippen LogP contribution in [0.1, 0.15) is 37.0 Å². The lowest BCUT2D eigenvalue weighted by molar-refractivity contribution is -0.139. The van der Waals surface area contributed by atoms with Gasteiger partial charge in [0.2, 0.25) is 11.8 Å². The number of carbonyl (C=O) groups excluding carboxylic acids is 2. The molecule has 0 saturated heterocycles. The van der Waals surface area contributed by atoms with E-state index in [0.29, 0.717) is 12.2 Å². The molecule has 0 aliphatic rings. The highest BCUT2D eigenvalue weighted by Gasteiger charge is 2.32. The second-order valence-corrected chi connectivity index (χ2v) is 12.2. The highest BCUT2D eigenvalue weighted by molar-refractivity contribution is 7.98. The number of nitrogens with one attached hydrogen (secondary N) is 1. The van der Waals surface area contributed by atoms with Crippen molar-refractivity contribution in [3.8, 4) is 0 Å². The Kier molecular flexibility index (Phi) is 10.6. The van der Waals surface area contributed by atoms with E-state index in [1.807, 2.05) is 63.4 Å². The Morgan fingerprint density at radius 2 is 1.59 bits per heavy atom. The molecule has 2 amide bonds. The largest absolute Gasteiger partial charge is 0.354 e. The molecule has 0 spiro atoms. The highest BCUT2D eigenvalue weighted by Crippen LogP contribution is 2.26. The van der Waals surface area contributed by atoms with Crippen LogP contribution in [0, 0.1) is 13.8 Å². The minimum atomic E-state index is -4.09. The molecule has 1 N–H and O–H groups in total. The molecular formula is C30H37N3O4S2. The zero-order valence-electron chi connectivity index (χ0n) is 23.2. The first kappa shape index (κ1) is 30.2. The van der Waals surface area contributed by atoms with Crippen LogP contribution in [-0.4, -0.2) is 50.5 Å². The monoisotopic (exact) mass is 567 g/mol. The SMILES string of the molecule is CCCNC(=O)[C@@H](C)N(Cc1ccccc1C)C(=O)CN(c1ccc(C)cc1)S(=O)(=O)c1ccc(SC)cc1. The summed E-state index contributed by atoms with van der Waals surface area (Å²) in [5.74, 6) is -0.751. The van der Waals surface area contributed by atoms with Gasteiger partial charge in [-0.3, -0.25) is 13.9 Å². The summed E-state index contributed by atoms with van der Waals surface area (Å²) in [6.07, 6.45) is 2.68. The van der Waals surface area contributed by atoms with Gasteiger partial charge in [0.05, 0.1) is 10.6 Å². The van der Waals surface area contributed by atoms with Gasteiger partial charge in [-0.25, -0.2) is 8.42 Å². The van der Waals surface area contributed by atoms with Gasteiger partial charge in [0.15, 0.2) is 0 Å². The van der Waals surface area contributed by atoms with Crippen LogP contribution in [0.25, 0.3) is 0 Å². The number of hydrogen-bond donors (Lipinski definition) is 1. The molecule has 0 unspecified atom stereocenters. The number of amides is 2. The molecule has 0 radical (unpaired) electrons. The average molecular weight is 568 g/mol. The van der Waals surface area contributed by atoms with Crippen molar-refractivity contribution in [2.75, 3.05) is 23.7 Å². The first-order valence-electron chi connectivity index (χ1n) is 12.9. The zero-order chi connectivity index (χ0) is 28.6. The first-order valence-corrected chi connectivity index (χ1v) is 15.6. The summed E-state index contributed by atoms with van der Waals surface area (Å²) in [5, 5.41) is 2.86. The zero-order valence-corrected chi connectivity index (χ0v) is 24.8.